The predicted octanol–water partition coefficient (Wildman–Crippen LogP) is 3.18. The minimum Gasteiger partial charge on any atom is -0.480 e. The molecule has 0 aromatic carbocycles. The van der Waals surface area contributed by atoms with Gasteiger partial charge in [0.25, 0.3) is 11.5 Å². The van der Waals surface area contributed by atoms with E-state index < -0.39 is 11.9 Å². The Hall–Kier alpha value is -3.66. The molecule has 4 rings (SSSR count). The summed E-state index contributed by atoms with van der Waals surface area (Å²) in [5.74, 6) is 0.298. The van der Waals surface area contributed by atoms with Crippen molar-refractivity contribution in [3.05, 3.63) is 57.9 Å². The Morgan fingerprint density at radius 3 is 2.55 bits per heavy atom. The van der Waals surface area contributed by atoms with E-state index in [1.165, 1.54) is 35.9 Å². The molecule has 1 aliphatic rings. The van der Waals surface area contributed by atoms with E-state index >= 15 is 0 Å². The second kappa shape index (κ2) is 8.36. The van der Waals surface area contributed by atoms with Crippen LogP contribution in [0.4, 0.5) is 5.69 Å². The number of hydrogen-bond acceptors (Lipinski definition) is 7. The number of fused-ring (bicyclic) bond motifs is 1. The van der Waals surface area contributed by atoms with Crippen molar-refractivity contribution < 1.29 is 14.3 Å². The summed E-state index contributed by atoms with van der Waals surface area (Å²) >= 11 is 6.19. The minimum absolute atomic E-state index is 0.0968. The number of halogens is 1. The molecule has 1 atom stereocenters. The van der Waals surface area contributed by atoms with Crippen molar-refractivity contribution in [1.29, 1.82) is 0 Å². The number of pyridine rings is 1. The van der Waals surface area contributed by atoms with Crippen LogP contribution in [0.1, 0.15) is 42.1 Å². The van der Waals surface area contributed by atoms with Gasteiger partial charge in [-0.25, -0.2) is 9.97 Å². The van der Waals surface area contributed by atoms with Crippen molar-refractivity contribution in [2.75, 3.05) is 19.1 Å². The van der Waals surface area contributed by atoms with Crippen LogP contribution in [-0.4, -0.2) is 44.2 Å². The number of imidazole rings is 1. The Kier molecular flexibility index (Phi) is 5.71. The molecular formula is C22H23ClN6O4. The zero-order chi connectivity index (χ0) is 24.0. The van der Waals surface area contributed by atoms with E-state index in [-0.39, 0.29) is 34.9 Å². The lowest BCUT2D eigenvalue weighted by molar-refractivity contribution is 0.0989. The Morgan fingerprint density at radius 1 is 1.21 bits per heavy atom. The van der Waals surface area contributed by atoms with Crippen molar-refractivity contribution in [2.45, 2.75) is 25.9 Å². The molecule has 0 N–H and O–H groups in total. The summed E-state index contributed by atoms with van der Waals surface area (Å²) < 4.78 is 13.8. The number of amides is 1. The smallest absolute Gasteiger partial charge is 0.319 e. The number of ether oxygens (including phenoxy) is 2. The van der Waals surface area contributed by atoms with Gasteiger partial charge in [-0.2, -0.15) is 4.98 Å². The van der Waals surface area contributed by atoms with Crippen LogP contribution in [0, 0.1) is 0 Å². The highest BCUT2D eigenvalue weighted by Gasteiger charge is 2.44. The monoisotopic (exact) mass is 470 g/mol. The van der Waals surface area contributed by atoms with Crippen LogP contribution in [0.2, 0.25) is 5.02 Å². The Bertz CT molecular complexity index is 1330. The molecule has 1 amide bonds. The van der Waals surface area contributed by atoms with Crippen molar-refractivity contribution >= 4 is 23.2 Å². The number of nitrogens with zero attached hydrogens (tertiary/aromatic N) is 6. The zero-order valence-electron chi connectivity index (χ0n) is 18.9. The van der Waals surface area contributed by atoms with Gasteiger partial charge in [-0.1, -0.05) is 17.7 Å². The molecule has 0 spiro atoms. The summed E-state index contributed by atoms with van der Waals surface area (Å²) in [6.07, 6.45) is 4.64. The van der Waals surface area contributed by atoms with E-state index in [1.54, 1.807) is 19.3 Å². The van der Waals surface area contributed by atoms with Gasteiger partial charge in [-0.15, -0.1) is 6.58 Å². The molecule has 0 bridgehead atoms. The van der Waals surface area contributed by atoms with Crippen molar-refractivity contribution in [1.82, 2.24) is 24.1 Å². The van der Waals surface area contributed by atoms with Gasteiger partial charge in [-0.05, 0) is 19.9 Å². The number of aromatic nitrogens is 5. The van der Waals surface area contributed by atoms with Crippen LogP contribution < -0.4 is 19.9 Å². The SMILES string of the molecule is C=C[C@H]1c2c(nc(-c3cnc(OC)nc3OC)n2C(C)C)C(=O)N1c1cc(Cl)cn(C)c1=O. The third kappa shape index (κ3) is 3.46. The first-order valence-corrected chi connectivity index (χ1v) is 10.5. The molecule has 33 heavy (non-hydrogen) atoms. The van der Waals surface area contributed by atoms with Crippen LogP contribution in [-0.2, 0) is 7.05 Å². The molecule has 0 aliphatic carbocycles. The highest BCUT2D eigenvalue weighted by atomic mass is 35.5. The molecule has 0 fully saturated rings. The number of methoxy groups -OCH3 is 2. The van der Waals surface area contributed by atoms with Crippen LogP contribution in [0.5, 0.6) is 11.9 Å². The molecule has 1 aliphatic heterocycles. The quantitative estimate of drug-likeness (QED) is 0.509. The molecule has 0 saturated heterocycles. The molecule has 0 saturated carbocycles. The molecule has 3 aromatic rings. The number of hydrogen-bond donors (Lipinski definition) is 0. The zero-order valence-corrected chi connectivity index (χ0v) is 19.6. The molecule has 10 nitrogen and oxygen atoms in total. The van der Waals surface area contributed by atoms with Gasteiger partial charge < -0.3 is 18.6 Å². The van der Waals surface area contributed by atoms with E-state index in [1.807, 2.05) is 18.4 Å². The van der Waals surface area contributed by atoms with Crippen LogP contribution in [0.15, 0.2) is 35.9 Å². The fourth-order valence-electron chi connectivity index (χ4n) is 4.02. The topological polar surface area (TPSA) is 104 Å². The first-order chi connectivity index (χ1) is 15.7. The third-order valence-electron chi connectivity index (χ3n) is 5.41. The van der Waals surface area contributed by atoms with E-state index in [9.17, 15) is 9.59 Å². The number of aryl methyl sites for hydroxylation is 1. The van der Waals surface area contributed by atoms with Crippen molar-refractivity contribution in [2.24, 2.45) is 7.05 Å². The first-order valence-electron chi connectivity index (χ1n) is 10.1. The average molecular weight is 471 g/mol. The number of carbonyl (C=O) groups is 1. The summed E-state index contributed by atoms with van der Waals surface area (Å²) in [6.45, 7) is 7.85. The normalized spacial score (nSPS) is 15.2. The largest absolute Gasteiger partial charge is 0.480 e. The molecule has 0 radical (unpaired) electrons. The third-order valence-corrected chi connectivity index (χ3v) is 5.61. The maximum atomic E-state index is 13.5. The standard InChI is InChI=1S/C22H23ClN6O4/c1-7-14-17-16(21(31)29(14)15-8-12(23)10-27(4)20(15)30)25-18(28(17)11(2)3)13-9-24-22(33-6)26-19(13)32-5/h7-11,14H,1H2,2-6H3/t14-/m0/s1. The van der Waals surface area contributed by atoms with E-state index in [0.717, 1.165) is 0 Å². The molecule has 0 unspecified atom stereocenters. The summed E-state index contributed by atoms with van der Waals surface area (Å²) in [5, 5.41) is 0.333. The van der Waals surface area contributed by atoms with Gasteiger partial charge in [0, 0.05) is 25.5 Å². The van der Waals surface area contributed by atoms with Gasteiger partial charge in [-0.3, -0.25) is 14.5 Å². The van der Waals surface area contributed by atoms with E-state index in [2.05, 4.69) is 21.5 Å². The van der Waals surface area contributed by atoms with Gasteiger partial charge in [0.2, 0.25) is 5.88 Å². The van der Waals surface area contributed by atoms with Gasteiger partial charge in [0.05, 0.1) is 36.5 Å². The number of anilines is 1. The van der Waals surface area contributed by atoms with Crippen LogP contribution in [0.3, 0.4) is 0 Å². The van der Waals surface area contributed by atoms with Gasteiger partial charge in [0.15, 0.2) is 5.69 Å². The summed E-state index contributed by atoms with van der Waals surface area (Å²) in [4.78, 5) is 40.8. The molecule has 11 heteroatoms. The number of carbonyl (C=O) groups excluding carboxylic acids is 1. The maximum Gasteiger partial charge on any atom is 0.319 e. The highest BCUT2D eigenvalue weighted by Crippen LogP contribution is 2.42. The van der Waals surface area contributed by atoms with E-state index in [4.69, 9.17) is 21.1 Å². The average Bonchev–Trinajstić information content (AvgIpc) is 3.30. The van der Waals surface area contributed by atoms with Gasteiger partial charge >= 0.3 is 6.01 Å². The van der Waals surface area contributed by atoms with Crippen LogP contribution in [0.25, 0.3) is 11.4 Å². The Balaban J connectivity index is 1.95. The van der Waals surface area contributed by atoms with Crippen molar-refractivity contribution in [3.63, 3.8) is 0 Å². The Morgan fingerprint density at radius 2 is 1.94 bits per heavy atom. The van der Waals surface area contributed by atoms with E-state index in [0.29, 0.717) is 22.1 Å². The second-order valence-corrected chi connectivity index (χ2v) is 8.16. The highest BCUT2D eigenvalue weighted by molar-refractivity contribution is 6.30. The fourth-order valence-corrected chi connectivity index (χ4v) is 4.27. The first kappa shape index (κ1) is 22.5. The summed E-state index contributed by atoms with van der Waals surface area (Å²) in [7, 11) is 4.52. The summed E-state index contributed by atoms with van der Waals surface area (Å²) in [5.41, 5.74) is 1.12. The van der Waals surface area contributed by atoms with Crippen LogP contribution >= 0.6 is 11.6 Å². The maximum absolute atomic E-state index is 13.5. The minimum atomic E-state index is -0.632. The molecule has 4 heterocycles. The lowest BCUT2D eigenvalue weighted by Gasteiger charge is -2.25. The molecule has 3 aromatic heterocycles. The van der Waals surface area contributed by atoms with Gasteiger partial charge in [0.1, 0.15) is 11.5 Å². The fraction of sp³-hybridized carbons (Fsp3) is 0.318. The Labute approximate surface area is 195 Å². The lowest BCUT2D eigenvalue weighted by atomic mass is 10.1. The number of rotatable bonds is 6. The lowest BCUT2D eigenvalue weighted by Crippen LogP contribution is -2.34. The second-order valence-electron chi connectivity index (χ2n) is 7.73. The molecule has 172 valence electrons. The van der Waals surface area contributed by atoms with Crippen molar-refractivity contribution in [3.8, 4) is 23.3 Å². The summed E-state index contributed by atoms with van der Waals surface area (Å²) in [6, 6.07) is 0.896. The molecular weight excluding hydrogens is 448 g/mol. The predicted molar refractivity (Wildman–Crippen MR) is 123 cm³/mol.